The highest BCUT2D eigenvalue weighted by Crippen LogP contribution is 2.34. The van der Waals surface area contributed by atoms with Crippen LogP contribution in [0.5, 0.6) is 11.6 Å². The molecule has 3 aromatic rings. The molecule has 1 N–H and O–H groups in total. The van der Waals surface area contributed by atoms with Crippen molar-refractivity contribution in [2.75, 3.05) is 6.54 Å². The molecule has 0 aliphatic rings. The molecule has 1 aromatic heterocycles. The maximum absolute atomic E-state index is 13.8. The van der Waals surface area contributed by atoms with Crippen LogP contribution in [0.1, 0.15) is 45.6 Å². The van der Waals surface area contributed by atoms with Gasteiger partial charge in [-0.1, -0.05) is 56.2 Å². The Balaban J connectivity index is 1.98. The molecule has 6 heteroatoms. The Hall–Kier alpha value is -2.70. The van der Waals surface area contributed by atoms with Crippen molar-refractivity contribution in [3.63, 3.8) is 0 Å². The van der Waals surface area contributed by atoms with Crippen molar-refractivity contribution in [2.24, 2.45) is 7.05 Å². The fourth-order valence-corrected chi connectivity index (χ4v) is 3.76. The van der Waals surface area contributed by atoms with Crippen molar-refractivity contribution in [3.05, 3.63) is 66.0 Å². The van der Waals surface area contributed by atoms with Crippen LogP contribution >= 0.6 is 0 Å². The van der Waals surface area contributed by atoms with E-state index in [0.717, 1.165) is 36.1 Å². The van der Waals surface area contributed by atoms with Crippen molar-refractivity contribution >= 4 is 0 Å². The minimum atomic E-state index is -0.387. The van der Waals surface area contributed by atoms with Gasteiger partial charge in [0, 0.05) is 37.8 Å². The monoisotopic (exact) mass is 439 g/mol. The third-order valence-electron chi connectivity index (χ3n) is 5.57. The maximum Gasteiger partial charge on any atom is 0.222 e. The van der Waals surface area contributed by atoms with E-state index in [4.69, 9.17) is 9.84 Å². The molecule has 32 heavy (non-hydrogen) atoms. The zero-order valence-electron chi connectivity index (χ0n) is 19.5. The van der Waals surface area contributed by atoms with E-state index in [0.29, 0.717) is 24.7 Å². The average molecular weight is 440 g/mol. The van der Waals surface area contributed by atoms with Gasteiger partial charge in [-0.3, -0.25) is 4.90 Å². The molecule has 3 rings (SSSR count). The van der Waals surface area contributed by atoms with Crippen LogP contribution in [0.3, 0.4) is 0 Å². The van der Waals surface area contributed by atoms with E-state index < -0.39 is 0 Å². The summed E-state index contributed by atoms with van der Waals surface area (Å²) in [5, 5.41) is 15.3. The number of aryl methyl sites for hydroxylation is 1. The van der Waals surface area contributed by atoms with Crippen LogP contribution < -0.4 is 4.74 Å². The summed E-state index contributed by atoms with van der Waals surface area (Å²) in [7, 11) is 1.83. The Morgan fingerprint density at radius 2 is 1.88 bits per heavy atom. The highest BCUT2D eigenvalue weighted by Gasteiger charge is 2.24. The molecule has 0 radical (unpaired) electrons. The van der Waals surface area contributed by atoms with Crippen LogP contribution in [-0.4, -0.2) is 38.5 Å². The first-order valence-electron chi connectivity index (χ1n) is 11.4. The van der Waals surface area contributed by atoms with Crippen molar-refractivity contribution < 1.29 is 14.2 Å². The number of benzene rings is 2. The van der Waals surface area contributed by atoms with E-state index in [1.165, 1.54) is 12.1 Å². The lowest BCUT2D eigenvalue weighted by atomic mass is 10.1. The minimum absolute atomic E-state index is 0.220. The molecule has 2 aromatic carbocycles. The molecule has 0 fully saturated rings. The molecule has 0 amide bonds. The van der Waals surface area contributed by atoms with E-state index in [2.05, 4.69) is 25.7 Å². The second-order valence-electron chi connectivity index (χ2n) is 8.50. The van der Waals surface area contributed by atoms with Crippen LogP contribution in [0.2, 0.25) is 0 Å². The lowest BCUT2D eigenvalue weighted by molar-refractivity contribution is 0.0829. The molecule has 0 bridgehead atoms. The summed E-state index contributed by atoms with van der Waals surface area (Å²) in [6.45, 7) is 7.50. The third-order valence-corrected chi connectivity index (χ3v) is 5.57. The molecule has 0 aliphatic carbocycles. The summed E-state index contributed by atoms with van der Waals surface area (Å²) in [5.74, 6) is 0.647. The zero-order valence-corrected chi connectivity index (χ0v) is 19.5. The van der Waals surface area contributed by atoms with Gasteiger partial charge in [0.2, 0.25) is 5.88 Å². The van der Waals surface area contributed by atoms with Gasteiger partial charge in [0.25, 0.3) is 0 Å². The largest absolute Gasteiger partial charge is 0.439 e. The topological polar surface area (TPSA) is 50.5 Å². The molecule has 0 saturated carbocycles. The normalized spacial score (nSPS) is 12.5. The highest BCUT2D eigenvalue weighted by atomic mass is 19.1. The molecule has 0 saturated heterocycles. The summed E-state index contributed by atoms with van der Waals surface area (Å²) in [6.07, 6.45) is 2.46. The summed E-state index contributed by atoms with van der Waals surface area (Å²) in [4.78, 5) is 2.24. The summed E-state index contributed by atoms with van der Waals surface area (Å²) < 4.78 is 21.6. The molecule has 1 unspecified atom stereocenters. The number of unbranched alkanes of at least 4 members (excludes halogenated alkanes) is 1. The van der Waals surface area contributed by atoms with Crippen molar-refractivity contribution in [1.82, 2.24) is 14.7 Å². The first kappa shape index (κ1) is 24.0. The number of hydrogen-bond acceptors (Lipinski definition) is 4. The Kier molecular flexibility index (Phi) is 8.42. The second kappa shape index (κ2) is 11.2. The smallest absolute Gasteiger partial charge is 0.222 e. The molecular formula is C26H34FN3O2. The standard InChI is InChI=1S/C26H34FN3O2/c1-5-6-14-22(31)17-30(19(2)3)18-24-25(20-11-8-7-9-12-20)28-29(4)26(24)32-23-15-10-13-21(27)16-23/h7-13,15-16,19,22,31H,5-6,14,17-18H2,1-4H3. The number of hydrogen-bond donors (Lipinski definition) is 1. The van der Waals surface area contributed by atoms with Crippen molar-refractivity contribution in [2.45, 2.75) is 58.7 Å². The maximum atomic E-state index is 13.8. The van der Waals surface area contributed by atoms with E-state index in [9.17, 15) is 9.50 Å². The van der Waals surface area contributed by atoms with Gasteiger partial charge in [-0.15, -0.1) is 0 Å². The second-order valence-corrected chi connectivity index (χ2v) is 8.50. The van der Waals surface area contributed by atoms with Crippen molar-refractivity contribution in [3.8, 4) is 22.9 Å². The van der Waals surface area contributed by atoms with E-state index in [1.807, 2.05) is 37.4 Å². The average Bonchev–Trinajstić information content (AvgIpc) is 3.07. The number of aliphatic hydroxyl groups excluding tert-OH is 1. The Bertz CT molecular complexity index is 988. The van der Waals surface area contributed by atoms with Crippen molar-refractivity contribution in [1.29, 1.82) is 0 Å². The lowest BCUT2D eigenvalue weighted by Crippen LogP contribution is -2.37. The third kappa shape index (κ3) is 6.17. The molecule has 5 nitrogen and oxygen atoms in total. The van der Waals surface area contributed by atoms with E-state index >= 15 is 0 Å². The number of ether oxygens (including phenoxy) is 1. The van der Waals surface area contributed by atoms with Crippen LogP contribution in [0.25, 0.3) is 11.3 Å². The fourth-order valence-electron chi connectivity index (χ4n) is 3.76. The summed E-state index contributed by atoms with van der Waals surface area (Å²) in [5.41, 5.74) is 2.73. The minimum Gasteiger partial charge on any atom is -0.439 e. The molecule has 0 aliphatic heterocycles. The van der Waals surface area contributed by atoms with E-state index in [-0.39, 0.29) is 18.0 Å². The van der Waals surface area contributed by atoms with Crippen LogP contribution in [0, 0.1) is 5.82 Å². The number of aliphatic hydroxyl groups is 1. The van der Waals surface area contributed by atoms with Gasteiger partial charge >= 0.3 is 0 Å². The van der Waals surface area contributed by atoms with Gasteiger partial charge in [0.1, 0.15) is 17.3 Å². The summed E-state index contributed by atoms with van der Waals surface area (Å²) >= 11 is 0. The Morgan fingerprint density at radius 1 is 1.12 bits per heavy atom. The van der Waals surface area contributed by atoms with Crippen LogP contribution in [0.4, 0.5) is 4.39 Å². The number of rotatable bonds is 11. The van der Waals surface area contributed by atoms with E-state index in [1.54, 1.807) is 16.8 Å². The molecule has 0 spiro atoms. The van der Waals surface area contributed by atoms with Gasteiger partial charge in [-0.25, -0.2) is 9.07 Å². The molecule has 1 heterocycles. The lowest BCUT2D eigenvalue weighted by Gasteiger charge is -2.29. The van der Waals surface area contributed by atoms with Gasteiger partial charge in [-0.05, 0) is 32.4 Å². The number of halogens is 1. The predicted octanol–water partition coefficient (Wildman–Crippen LogP) is 5.78. The van der Waals surface area contributed by atoms with Gasteiger partial charge in [0.05, 0.1) is 11.7 Å². The predicted molar refractivity (Wildman–Crippen MR) is 126 cm³/mol. The molecule has 1 atom stereocenters. The fraction of sp³-hybridized carbons (Fsp3) is 0.423. The van der Waals surface area contributed by atoms with Crippen LogP contribution in [0.15, 0.2) is 54.6 Å². The summed E-state index contributed by atoms with van der Waals surface area (Å²) in [6, 6.07) is 16.3. The van der Waals surface area contributed by atoms with Gasteiger partial charge in [0.15, 0.2) is 0 Å². The van der Waals surface area contributed by atoms with Gasteiger partial charge in [-0.2, -0.15) is 5.10 Å². The number of nitrogens with zero attached hydrogens (tertiary/aromatic N) is 3. The Labute approximate surface area is 190 Å². The number of aromatic nitrogens is 2. The molecular weight excluding hydrogens is 405 g/mol. The van der Waals surface area contributed by atoms with Crippen LogP contribution in [-0.2, 0) is 13.6 Å². The Morgan fingerprint density at radius 3 is 2.53 bits per heavy atom. The zero-order chi connectivity index (χ0) is 23.1. The van der Waals surface area contributed by atoms with Gasteiger partial charge < -0.3 is 9.84 Å². The first-order chi connectivity index (χ1) is 15.4. The SMILES string of the molecule is CCCCC(O)CN(Cc1c(-c2ccccc2)nn(C)c1Oc1cccc(F)c1)C(C)C. The quantitative estimate of drug-likeness (QED) is 0.411. The highest BCUT2D eigenvalue weighted by molar-refractivity contribution is 5.65. The first-order valence-corrected chi connectivity index (χ1v) is 11.4. The molecule has 172 valence electrons.